The monoisotopic (exact) mass is 154 g/mol. The van der Waals surface area contributed by atoms with E-state index in [0.29, 0.717) is 12.2 Å². The first-order valence-corrected chi connectivity index (χ1v) is 3.42. The highest BCUT2D eigenvalue weighted by Crippen LogP contribution is 2.12. The zero-order chi connectivity index (χ0) is 8.27. The van der Waals surface area contributed by atoms with Gasteiger partial charge in [0.2, 0.25) is 0 Å². The van der Waals surface area contributed by atoms with Crippen molar-refractivity contribution in [2.45, 2.75) is 6.54 Å². The van der Waals surface area contributed by atoms with Crippen molar-refractivity contribution in [3.63, 3.8) is 0 Å². The van der Waals surface area contributed by atoms with E-state index >= 15 is 0 Å². The summed E-state index contributed by atoms with van der Waals surface area (Å²) >= 11 is 0. The Morgan fingerprint density at radius 3 is 2.91 bits per heavy atom. The van der Waals surface area contributed by atoms with E-state index < -0.39 is 0 Å². The summed E-state index contributed by atoms with van der Waals surface area (Å²) in [5, 5.41) is 2.91. The Morgan fingerprint density at radius 2 is 2.27 bits per heavy atom. The molecule has 0 spiro atoms. The van der Waals surface area contributed by atoms with Crippen LogP contribution in [0.3, 0.4) is 0 Å². The number of rotatable bonds is 2. The minimum Gasteiger partial charge on any atom is -0.398 e. The molecule has 11 heavy (non-hydrogen) atoms. The highest BCUT2D eigenvalue weighted by atomic mass is 19.1. The number of nitrogens with two attached hydrogens (primary N) is 1. The number of nitrogen functional groups attached to an aromatic ring is 1. The Bertz CT molecular complexity index is 248. The largest absolute Gasteiger partial charge is 0.398 e. The average molecular weight is 154 g/mol. The van der Waals surface area contributed by atoms with E-state index in [2.05, 4.69) is 5.32 Å². The van der Waals surface area contributed by atoms with Gasteiger partial charge in [-0.1, -0.05) is 0 Å². The second-order valence-corrected chi connectivity index (χ2v) is 2.37. The lowest BCUT2D eigenvalue weighted by molar-refractivity contribution is 0.624. The van der Waals surface area contributed by atoms with Crippen LogP contribution in [-0.4, -0.2) is 7.05 Å². The van der Waals surface area contributed by atoms with E-state index in [1.54, 1.807) is 13.1 Å². The molecular formula is C8H11FN2. The molecule has 1 rings (SSSR count). The molecule has 0 radical (unpaired) electrons. The first-order valence-electron chi connectivity index (χ1n) is 3.42. The van der Waals surface area contributed by atoms with Gasteiger partial charge in [-0.05, 0) is 30.8 Å². The number of anilines is 1. The second kappa shape index (κ2) is 3.34. The molecule has 0 heterocycles. The van der Waals surface area contributed by atoms with Crippen LogP contribution in [0.15, 0.2) is 18.2 Å². The van der Waals surface area contributed by atoms with Crippen molar-refractivity contribution in [2.75, 3.05) is 12.8 Å². The molecule has 0 saturated carbocycles. The molecule has 0 unspecified atom stereocenters. The van der Waals surface area contributed by atoms with Gasteiger partial charge in [0.25, 0.3) is 0 Å². The van der Waals surface area contributed by atoms with Crippen LogP contribution in [0.5, 0.6) is 0 Å². The second-order valence-electron chi connectivity index (χ2n) is 2.37. The molecule has 2 nitrogen and oxygen atoms in total. The summed E-state index contributed by atoms with van der Waals surface area (Å²) in [6.45, 7) is 0.601. The maximum absolute atomic E-state index is 12.6. The molecule has 0 aliphatic rings. The number of halogens is 1. The van der Waals surface area contributed by atoms with Gasteiger partial charge in [-0.2, -0.15) is 0 Å². The normalized spacial score (nSPS) is 10.0. The summed E-state index contributed by atoms with van der Waals surface area (Å²) in [6.07, 6.45) is 0. The molecule has 0 bridgehead atoms. The maximum atomic E-state index is 12.6. The van der Waals surface area contributed by atoms with E-state index in [1.807, 2.05) is 0 Å². The molecule has 0 saturated heterocycles. The van der Waals surface area contributed by atoms with Crippen LogP contribution in [0.25, 0.3) is 0 Å². The van der Waals surface area contributed by atoms with E-state index in [4.69, 9.17) is 5.73 Å². The summed E-state index contributed by atoms with van der Waals surface area (Å²) in [6, 6.07) is 4.36. The average Bonchev–Trinajstić information content (AvgIpc) is 1.98. The first kappa shape index (κ1) is 8.01. The van der Waals surface area contributed by atoms with Crippen molar-refractivity contribution in [1.29, 1.82) is 0 Å². The summed E-state index contributed by atoms with van der Waals surface area (Å²) < 4.78 is 12.6. The number of benzene rings is 1. The summed E-state index contributed by atoms with van der Waals surface area (Å²) in [7, 11) is 1.80. The van der Waals surface area contributed by atoms with Crippen molar-refractivity contribution in [3.05, 3.63) is 29.6 Å². The van der Waals surface area contributed by atoms with Gasteiger partial charge in [0.05, 0.1) is 0 Å². The molecule has 0 amide bonds. The zero-order valence-electron chi connectivity index (χ0n) is 6.39. The molecule has 60 valence electrons. The number of hydrogen-bond donors (Lipinski definition) is 2. The molecule has 3 N–H and O–H groups in total. The SMILES string of the molecule is CNCc1cc(F)ccc1N. The minimum absolute atomic E-state index is 0.246. The third-order valence-electron chi connectivity index (χ3n) is 1.47. The minimum atomic E-state index is -0.246. The van der Waals surface area contributed by atoms with Crippen molar-refractivity contribution < 1.29 is 4.39 Å². The lowest BCUT2D eigenvalue weighted by Crippen LogP contribution is -2.07. The van der Waals surface area contributed by atoms with Gasteiger partial charge in [-0.3, -0.25) is 0 Å². The van der Waals surface area contributed by atoms with Crippen molar-refractivity contribution in [2.24, 2.45) is 0 Å². The van der Waals surface area contributed by atoms with Crippen LogP contribution in [0.2, 0.25) is 0 Å². The van der Waals surface area contributed by atoms with Crippen LogP contribution < -0.4 is 11.1 Å². The van der Waals surface area contributed by atoms with Crippen LogP contribution in [-0.2, 0) is 6.54 Å². The highest BCUT2D eigenvalue weighted by Gasteiger charge is 1.98. The van der Waals surface area contributed by atoms with Gasteiger partial charge in [-0.15, -0.1) is 0 Å². The van der Waals surface area contributed by atoms with Gasteiger partial charge in [0, 0.05) is 12.2 Å². The van der Waals surface area contributed by atoms with Crippen LogP contribution in [0.4, 0.5) is 10.1 Å². The van der Waals surface area contributed by atoms with Gasteiger partial charge in [0.1, 0.15) is 5.82 Å². The van der Waals surface area contributed by atoms with Crippen molar-refractivity contribution >= 4 is 5.69 Å². The molecule has 1 aromatic carbocycles. The fraction of sp³-hybridized carbons (Fsp3) is 0.250. The van der Waals surface area contributed by atoms with Crippen LogP contribution in [0.1, 0.15) is 5.56 Å². The molecular weight excluding hydrogens is 143 g/mol. The van der Waals surface area contributed by atoms with E-state index in [1.165, 1.54) is 12.1 Å². The fourth-order valence-electron chi connectivity index (χ4n) is 0.918. The van der Waals surface area contributed by atoms with Gasteiger partial charge >= 0.3 is 0 Å². The predicted molar refractivity (Wildman–Crippen MR) is 43.6 cm³/mol. The van der Waals surface area contributed by atoms with Gasteiger partial charge in [-0.25, -0.2) is 4.39 Å². The quantitative estimate of drug-likeness (QED) is 0.626. The van der Waals surface area contributed by atoms with E-state index in [9.17, 15) is 4.39 Å². The third-order valence-corrected chi connectivity index (χ3v) is 1.47. The summed E-state index contributed by atoms with van der Waals surface area (Å²) in [5.41, 5.74) is 6.99. The Morgan fingerprint density at radius 1 is 1.55 bits per heavy atom. The number of nitrogens with one attached hydrogen (secondary N) is 1. The molecule has 0 atom stereocenters. The van der Waals surface area contributed by atoms with E-state index in [-0.39, 0.29) is 5.82 Å². The van der Waals surface area contributed by atoms with Crippen molar-refractivity contribution in [3.8, 4) is 0 Å². The molecule has 1 aromatic rings. The lowest BCUT2D eigenvalue weighted by Gasteiger charge is -2.03. The Hall–Kier alpha value is -1.09. The highest BCUT2D eigenvalue weighted by molar-refractivity contribution is 5.46. The smallest absolute Gasteiger partial charge is 0.123 e. The molecule has 0 aromatic heterocycles. The Kier molecular flexibility index (Phi) is 2.44. The Labute approximate surface area is 65.2 Å². The van der Waals surface area contributed by atoms with E-state index in [0.717, 1.165) is 5.56 Å². The summed E-state index contributed by atoms with van der Waals surface area (Å²) in [5.74, 6) is -0.246. The molecule has 0 aliphatic heterocycles. The molecule has 0 aliphatic carbocycles. The standard InChI is InChI=1S/C8H11FN2/c1-11-5-6-4-7(9)2-3-8(6)10/h2-4,11H,5,10H2,1H3. The van der Waals surface area contributed by atoms with Crippen LogP contribution in [0, 0.1) is 5.82 Å². The molecule has 0 fully saturated rings. The topological polar surface area (TPSA) is 38.0 Å². The summed E-state index contributed by atoms with van der Waals surface area (Å²) in [4.78, 5) is 0. The first-order chi connectivity index (χ1) is 5.24. The van der Waals surface area contributed by atoms with Crippen molar-refractivity contribution in [1.82, 2.24) is 5.32 Å². The van der Waals surface area contributed by atoms with Gasteiger partial charge < -0.3 is 11.1 Å². The van der Waals surface area contributed by atoms with Gasteiger partial charge in [0.15, 0.2) is 0 Å². The lowest BCUT2D eigenvalue weighted by atomic mass is 10.2. The number of hydrogen-bond acceptors (Lipinski definition) is 2. The molecule has 3 heteroatoms. The third kappa shape index (κ3) is 1.91. The predicted octanol–water partition coefficient (Wildman–Crippen LogP) is 1.13. The zero-order valence-corrected chi connectivity index (χ0v) is 6.39. The maximum Gasteiger partial charge on any atom is 0.123 e. The Balaban J connectivity index is 2.93. The fourth-order valence-corrected chi connectivity index (χ4v) is 0.918. The van der Waals surface area contributed by atoms with Crippen LogP contribution >= 0.6 is 0 Å².